The molecule has 0 spiro atoms. The average Bonchev–Trinajstić information content (AvgIpc) is 2.39. The summed E-state index contributed by atoms with van der Waals surface area (Å²) in [4.78, 5) is 4.28. The number of hydrogen-bond donors (Lipinski definition) is 1. The molecule has 1 aromatic heterocycles. The van der Waals surface area contributed by atoms with Crippen LogP contribution in [0.4, 0.5) is 5.82 Å². The first-order valence-corrected chi connectivity index (χ1v) is 6.65. The molecule has 0 fully saturated rings. The van der Waals surface area contributed by atoms with Crippen LogP contribution in [0.25, 0.3) is 0 Å². The van der Waals surface area contributed by atoms with E-state index in [1.807, 2.05) is 12.1 Å². The van der Waals surface area contributed by atoms with E-state index in [9.17, 15) is 0 Å². The van der Waals surface area contributed by atoms with Crippen molar-refractivity contribution in [2.75, 3.05) is 5.32 Å². The van der Waals surface area contributed by atoms with Crippen LogP contribution in [0.15, 0.2) is 42.5 Å². The van der Waals surface area contributed by atoms with Gasteiger partial charge in [0.2, 0.25) is 0 Å². The van der Waals surface area contributed by atoms with Crippen molar-refractivity contribution in [2.45, 2.75) is 25.3 Å². The lowest BCUT2D eigenvalue weighted by molar-refractivity contribution is 0.609. The fraction of sp³-hybridized carbons (Fsp3) is 0.267. The largest absolute Gasteiger partial charge is 0.367 e. The maximum atomic E-state index is 5.89. The van der Waals surface area contributed by atoms with Crippen LogP contribution in [0, 0.1) is 0 Å². The lowest BCUT2D eigenvalue weighted by Crippen LogP contribution is -2.27. The predicted octanol–water partition coefficient (Wildman–Crippen LogP) is 3.70. The molecule has 1 heterocycles. The van der Waals surface area contributed by atoms with Crippen LogP contribution < -0.4 is 5.32 Å². The molecular weight excluding hydrogens is 244 g/mol. The summed E-state index contributed by atoms with van der Waals surface area (Å²) in [6.45, 7) is 0. The Balaban J connectivity index is 1.73. The molecule has 1 N–H and O–H groups in total. The third-order valence-electron chi connectivity index (χ3n) is 3.41. The standard InChI is InChI=1S/C15H15ClN2/c16-14-6-3-7-15(18-14)17-13-9-8-11-4-1-2-5-12(11)10-13/h1-7,13H,8-10H2,(H,17,18). The van der Waals surface area contributed by atoms with Crippen molar-refractivity contribution in [3.8, 4) is 0 Å². The highest BCUT2D eigenvalue weighted by molar-refractivity contribution is 6.29. The highest BCUT2D eigenvalue weighted by Crippen LogP contribution is 2.23. The fourth-order valence-corrected chi connectivity index (χ4v) is 2.68. The molecule has 3 heteroatoms. The smallest absolute Gasteiger partial charge is 0.131 e. The zero-order valence-corrected chi connectivity index (χ0v) is 10.8. The van der Waals surface area contributed by atoms with Crippen LogP contribution in [-0.2, 0) is 12.8 Å². The monoisotopic (exact) mass is 258 g/mol. The third-order valence-corrected chi connectivity index (χ3v) is 3.62. The van der Waals surface area contributed by atoms with Gasteiger partial charge in [0.05, 0.1) is 0 Å². The number of aryl methyl sites for hydroxylation is 1. The second-order valence-corrected chi connectivity index (χ2v) is 5.09. The Hall–Kier alpha value is -1.54. The van der Waals surface area contributed by atoms with Gasteiger partial charge in [-0.2, -0.15) is 0 Å². The fourth-order valence-electron chi connectivity index (χ4n) is 2.52. The number of halogens is 1. The highest BCUT2D eigenvalue weighted by atomic mass is 35.5. The van der Waals surface area contributed by atoms with Gasteiger partial charge in [-0.1, -0.05) is 41.9 Å². The number of anilines is 1. The van der Waals surface area contributed by atoms with Gasteiger partial charge in [0.15, 0.2) is 0 Å². The normalized spacial score (nSPS) is 18.2. The highest BCUT2D eigenvalue weighted by Gasteiger charge is 2.18. The molecule has 3 rings (SSSR count). The molecule has 1 unspecified atom stereocenters. The van der Waals surface area contributed by atoms with Crippen molar-refractivity contribution in [1.82, 2.24) is 4.98 Å². The van der Waals surface area contributed by atoms with Crippen molar-refractivity contribution in [3.63, 3.8) is 0 Å². The minimum absolute atomic E-state index is 0.450. The lowest BCUT2D eigenvalue weighted by Gasteiger charge is -2.25. The van der Waals surface area contributed by atoms with Gasteiger partial charge >= 0.3 is 0 Å². The second-order valence-electron chi connectivity index (χ2n) is 4.70. The molecule has 92 valence electrons. The Kier molecular flexibility index (Phi) is 3.20. The summed E-state index contributed by atoms with van der Waals surface area (Å²) in [5.74, 6) is 0.867. The minimum Gasteiger partial charge on any atom is -0.367 e. The Morgan fingerprint density at radius 1 is 1.06 bits per heavy atom. The van der Waals surface area contributed by atoms with Gasteiger partial charge in [0.1, 0.15) is 11.0 Å². The molecule has 0 saturated heterocycles. The number of pyridine rings is 1. The first kappa shape index (κ1) is 11.5. The average molecular weight is 259 g/mol. The van der Waals surface area contributed by atoms with Crippen LogP contribution >= 0.6 is 11.6 Å². The summed E-state index contributed by atoms with van der Waals surface area (Å²) in [6, 6.07) is 14.8. The van der Waals surface area contributed by atoms with Gasteiger partial charge in [-0.3, -0.25) is 0 Å². The molecule has 0 radical (unpaired) electrons. The molecule has 18 heavy (non-hydrogen) atoms. The lowest BCUT2D eigenvalue weighted by atomic mass is 9.88. The molecule has 0 amide bonds. The van der Waals surface area contributed by atoms with Crippen LogP contribution in [0.2, 0.25) is 5.15 Å². The van der Waals surface area contributed by atoms with Gasteiger partial charge in [-0.05, 0) is 42.5 Å². The zero-order chi connectivity index (χ0) is 12.4. The van der Waals surface area contributed by atoms with Gasteiger partial charge in [0, 0.05) is 6.04 Å². The first-order valence-electron chi connectivity index (χ1n) is 6.27. The van der Waals surface area contributed by atoms with Gasteiger partial charge in [-0.15, -0.1) is 0 Å². The Morgan fingerprint density at radius 2 is 1.89 bits per heavy atom. The number of benzene rings is 1. The summed E-state index contributed by atoms with van der Waals surface area (Å²) >= 11 is 5.89. The molecule has 2 aromatic rings. The summed E-state index contributed by atoms with van der Waals surface area (Å²) in [7, 11) is 0. The van der Waals surface area contributed by atoms with E-state index in [0.29, 0.717) is 11.2 Å². The van der Waals surface area contributed by atoms with E-state index < -0.39 is 0 Å². The minimum atomic E-state index is 0.450. The summed E-state index contributed by atoms with van der Waals surface area (Å²) < 4.78 is 0. The van der Waals surface area contributed by atoms with E-state index in [1.165, 1.54) is 11.1 Å². The van der Waals surface area contributed by atoms with Gasteiger partial charge in [0.25, 0.3) is 0 Å². The Labute approximate surface area is 112 Å². The molecule has 0 saturated carbocycles. The zero-order valence-electron chi connectivity index (χ0n) is 10.1. The maximum absolute atomic E-state index is 5.89. The van der Waals surface area contributed by atoms with E-state index in [0.717, 1.165) is 25.1 Å². The second kappa shape index (κ2) is 4.99. The molecular formula is C15H15ClN2. The van der Waals surface area contributed by atoms with E-state index in [4.69, 9.17) is 11.6 Å². The van der Waals surface area contributed by atoms with Gasteiger partial charge in [-0.25, -0.2) is 4.98 Å². The number of aromatic nitrogens is 1. The molecule has 1 atom stereocenters. The number of fused-ring (bicyclic) bond motifs is 1. The van der Waals surface area contributed by atoms with Crippen LogP contribution in [0.5, 0.6) is 0 Å². The van der Waals surface area contributed by atoms with Crippen molar-refractivity contribution in [2.24, 2.45) is 0 Å². The molecule has 0 aliphatic heterocycles. The van der Waals surface area contributed by atoms with Crippen molar-refractivity contribution >= 4 is 17.4 Å². The predicted molar refractivity (Wildman–Crippen MR) is 75.1 cm³/mol. The van der Waals surface area contributed by atoms with E-state index in [-0.39, 0.29) is 0 Å². The topological polar surface area (TPSA) is 24.9 Å². The number of nitrogens with one attached hydrogen (secondary N) is 1. The van der Waals surface area contributed by atoms with Crippen LogP contribution in [0.1, 0.15) is 17.5 Å². The van der Waals surface area contributed by atoms with Crippen molar-refractivity contribution in [1.29, 1.82) is 0 Å². The number of hydrogen-bond acceptors (Lipinski definition) is 2. The summed E-state index contributed by atoms with van der Waals surface area (Å²) in [5.41, 5.74) is 2.93. The van der Waals surface area contributed by atoms with Crippen molar-refractivity contribution < 1.29 is 0 Å². The van der Waals surface area contributed by atoms with Crippen LogP contribution in [-0.4, -0.2) is 11.0 Å². The Bertz CT molecular complexity index is 554. The molecule has 0 bridgehead atoms. The van der Waals surface area contributed by atoms with E-state index >= 15 is 0 Å². The third kappa shape index (κ3) is 2.49. The number of rotatable bonds is 2. The molecule has 1 aliphatic carbocycles. The maximum Gasteiger partial charge on any atom is 0.131 e. The molecule has 1 aromatic carbocycles. The first-order chi connectivity index (χ1) is 8.81. The quantitative estimate of drug-likeness (QED) is 0.831. The Morgan fingerprint density at radius 3 is 2.72 bits per heavy atom. The summed E-state index contributed by atoms with van der Waals surface area (Å²) in [6.07, 6.45) is 3.34. The van der Waals surface area contributed by atoms with E-state index in [1.54, 1.807) is 6.07 Å². The van der Waals surface area contributed by atoms with Crippen LogP contribution in [0.3, 0.4) is 0 Å². The molecule has 2 nitrogen and oxygen atoms in total. The van der Waals surface area contributed by atoms with Crippen molar-refractivity contribution in [3.05, 3.63) is 58.7 Å². The summed E-state index contributed by atoms with van der Waals surface area (Å²) in [5, 5.41) is 4.01. The number of nitrogens with zero attached hydrogens (tertiary/aromatic N) is 1. The van der Waals surface area contributed by atoms with Gasteiger partial charge < -0.3 is 5.32 Å². The molecule has 1 aliphatic rings. The van der Waals surface area contributed by atoms with E-state index in [2.05, 4.69) is 34.6 Å². The SMILES string of the molecule is Clc1cccc(NC2CCc3ccccc3C2)n1.